The average Bonchev–Trinajstić information content (AvgIpc) is 3.59. The van der Waals surface area contributed by atoms with Gasteiger partial charge in [0.25, 0.3) is 5.91 Å². The Morgan fingerprint density at radius 2 is 2.11 bits per heavy atom. The van der Waals surface area contributed by atoms with E-state index in [1.165, 1.54) is 0 Å². The SMILES string of the molecule is CCCCOc1c(-c2cc(C(=O)/N=C(\NCC)N(C)C(C)NC3COC3)cc(C)n2)cnn1C1CC1. The van der Waals surface area contributed by atoms with Crippen molar-refractivity contribution in [3.63, 3.8) is 0 Å². The number of aliphatic imine (C=N–C) groups is 1. The second-order valence-corrected chi connectivity index (χ2v) is 9.58. The van der Waals surface area contributed by atoms with Crippen LogP contribution in [0, 0.1) is 6.92 Å². The van der Waals surface area contributed by atoms with Gasteiger partial charge in [0.05, 0.1) is 55.5 Å². The molecule has 10 nitrogen and oxygen atoms in total. The molecule has 10 heteroatoms. The lowest BCUT2D eigenvalue weighted by molar-refractivity contribution is -0.0150. The van der Waals surface area contributed by atoms with Gasteiger partial charge in [-0.05, 0) is 52.2 Å². The van der Waals surface area contributed by atoms with Gasteiger partial charge in [-0.3, -0.25) is 15.1 Å². The maximum Gasteiger partial charge on any atom is 0.280 e. The lowest BCUT2D eigenvalue weighted by Crippen LogP contribution is -2.57. The van der Waals surface area contributed by atoms with E-state index in [1.54, 1.807) is 18.3 Å². The molecule has 1 amide bonds. The number of hydrogen-bond acceptors (Lipinski definition) is 6. The highest BCUT2D eigenvalue weighted by Crippen LogP contribution is 2.41. The molecule has 2 fully saturated rings. The van der Waals surface area contributed by atoms with E-state index in [-0.39, 0.29) is 12.1 Å². The van der Waals surface area contributed by atoms with Crippen molar-refractivity contribution in [2.24, 2.45) is 4.99 Å². The Balaban J connectivity index is 1.59. The molecule has 0 spiro atoms. The van der Waals surface area contributed by atoms with Gasteiger partial charge in [-0.2, -0.15) is 10.1 Å². The van der Waals surface area contributed by atoms with Crippen LogP contribution in [0.5, 0.6) is 5.88 Å². The number of guanidine groups is 1. The van der Waals surface area contributed by atoms with Crippen molar-refractivity contribution in [3.8, 4) is 17.1 Å². The van der Waals surface area contributed by atoms with Crippen LogP contribution in [0.2, 0.25) is 0 Å². The molecule has 1 aliphatic heterocycles. The molecule has 4 rings (SSSR count). The van der Waals surface area contributed by atoms with Gasteiger partial charge in [-0.1, -0.05) is 13.3 Å². The van der Waals surface area contributed by atoms with E-state index in [4.69, 9.17) is 14.5 Å². The number of pyridine rings is 1. The number of carbonyl (C=O) groups is 1. The molecular formula is C26H39N7O3. The smallest absolute Gasteiger partial charge is 0.280 e. The van der Waals surface area contributed by atoms with Crippen molar-refractivity contribution in [1.82, 2.24) is 30.3 Å². The Bertz CT molecular complexity index is 1080. The molecule has 196 valence electrons. The van der Waals surface area contributed by atoms with Crippen LogP contribution in [0.15, 0.2) is 23.3 Å². The van der Waals surface area contributed by atoms with Crippen molar-refractivity contribution >= 4 is 11.9 Å². The van der Waals surface area contributed by atoms with Crippen LogP contribution in [0.25, 0.3) is 11.3 Å². The Hall–Kier alpha value is -2.98. The molecule has 1 saturated heterocycles. The summed E-state index contributed by atoms with van der Waals surface area (Å²) in [5.41, 5.74) is 2.70. The molecular weight excluding hydrogens is 458 g/mol. The number of nitrogens with one attached hydrogen (secondary N) is 2. The Morgan fingerprint density at radius 3 is 2.75 bits per heavy atom. The predicted molar refractivity (Wildman–Crippen MR) is 139 cm³/mol. The van der Waals surface area contributed by atoms with E-state index in [2.05, 4.69) is 27.6 Å². The molecule has 1 unspecified atom stereocenters. The maximum absolute atomic E-state index is 13.3. The first kappa shape index (κ1) is 26.1. The van der Waals surface area contributed by atoms with Gasteiger partial charge in [0.1, 0.15) is 0 Å². The van der Waals surface area contributed by atoms with Crippen molar-refractivity contribution in [2.45, 2.75) is 71.6 Å². The fourth-order valence-electron chi connectivity index (χ4n) is 4.02. The minimum atomic E-state index is -0.327. The summed E-state index contributed by atoms with van der Waals surface area (Å²) in [6.45, 7) is 10.7. The summed E-state index contributed by atoms with van der Waals surface area (Å²) < 4.78 is 13.4. The first-order valence-corrected chi connectivity index (χ1v) is 13.0. The molecule has 0 bridgehead atoms. The molecule has 1 saturated carbocycles. The van der Waals surface area contributed by atoms with E-state index in [1.807, 2.05) is 37.4 Å². The summed E-state index contributed by atoms with van der Waals surface area (Å²) in [4.78, 5) is 24.4. The highest BCUT2D eigenvalue weighted by atomic mass is 16.5. The van der Waals surface area contributed by atoms with E-state index < -0.39 is 0 Å². The monoisotopic (exact) mass is 497 g/mol. The predicted octanol–water partition coefficient (Wildman–Crippen LogP) is 3.14. The lowest BCUT2D eigenvalue weighted by Gasteiger charge is -2.35. The van der Waals surface area contributed by atoms with Crippen LogP contribution in [-0.2, 0) is 4.74 Å². The van der Waals surface area contributed by atoms with Crippen LogP contribution in [0.4, 0.5) is 0 Å². The molecule has 1 aliphatic carbocycles. The topological polar surface area (TPSA) is 106 Å². The third-order valence-corrected chi connectivity index (χ3v) is 6.43. The van der Waals surface area contributed by atoms with Crippen LogP contribution in [0.3, 0.4) is 0 Å². The quantitative estimate of drug-likeness (QED) is 0.211. The van der Waals surface area contributed by atoms with Crippen LogP contribution in [-0.4, -0.2) is 77.2 Å². The number of aromatic nitrogens is 3. The number of unbranched alkanes of at least 4 members (excludes halogenated alkanes) is 1. The van der Waals surface area contributed by atoms with E-state index >= 15 is 0 Å². The molecule has 36 heavy (non-hydrogen) atoms. The molecule has 2 aromatic rings. The highest BCUT2D eigenvalue weighted by Gasteiger charge is 2.30. The van der Waals surface area contributed by atoms with E-state index in [0.717, 1.165) is 42.8 Å². The summed E-state index contributed by atoms with van der Waals surface area (Å²) in [6, 6.07) is 4.26. The first-order valence-electron chi connectivity index (χ1n) is 13.0. The van der Waals surface area contributed by atoms with Gasteiger partial charge in [0, 0.05) is 24.8 Å². The molecule has 0 radical (unpaired) electrons. The highest BCUT2D eigenvalue weighted by molar-refractivity contribution is 6.03. The summed E-state index contributed by atoms with van der Waals surface area (Å²) >= 11 is 0. The normalized spacial score (nSPS) is 17.0. The Labute approximate surface area is 213 Å². The zero-order valence-corrected chi connectivity index (χ0v) is 22.1. The van der Waals surface area contributed by atoms with Gasteiger partial charge >= 0.3 is 0 Å². The van der Waals surface area contributed by atoms with E-state index in [9.17, 15) is 4.79 Å². The van der Waals surface area contributed by atoms with Crippen molar-refractivity contribution in [1.29, 1.82) is 0 Å². The van der Waals surface area contributed by atoms with Gasteiger partial charge in [0.15, 0.2) is 0 Å². The maximum atomic E-state index is 13.3. The lowest BCUT2D eigenvalue weighted by atomic mass is 10.1. The van der Waals surface area contributed by atoms with Gasteiger partial charge in [0.2, 0.25) is 11.8 Å². The minimum Gasteiger partial charge on any atom is -0.477 e. The molecule has 2 N–H and O–H groups in total. The number of amides is 1. The number of ether oxygens (including phenoxy) is 2. The standard InChI is InChI=1S/C26H39N7O3/c1-6-8-11-36-25-22(14-28-33(25)21-9-10-21)23-13-19(12-17(3)29-23)24(34)31-26(27-7-2)32(5)18(4)30-20-15-35-16-20/h12-14,18,20-21,30H,6-11,15-16H2,1-5H3,(H,27,31,34). The van der Waals surface area contributed by atoms with Crippen LogP contribution < -0.4 is 15.4 Å². The number of rotatable bonds is 11. The molecule has 3 heterocycles. The Morgan fingerprint density at radius 1 is 1.33 bits per heavy atom. The number of hydrogen-bond donors (Lipinski definition) is 2. The number of carbonyl (C=O) groups excluding carboxylic acids is 1. The summed E-state index contributed by atoms with van der Waals surface area (Å²) in [6.07, 6.45) is 6.01. The largest absolute Gasteiger partial charge is 0.477 e. The fraction of sp³-hybridized carbons (Fsp3) is 0.615. The number of aryl methyl sites for hydroxylation is 1. The second-order valence-electron chi connectivity index (χ2n) is 9.58. The first-order chi connectivity index (χ1) is 17.4. The zero-order chi connectivity index (χ0) is 25.7. The average molecular weight is 498 g/mol. The summed E-state index contributed by atoms with van der Waals surface area (Å²) in [7, 11) is 1.92. The summed E-state index contributed by atoms with van der Waals surface area (Å²) in [5, 5.41) is 11.3. The van der Waals surface area contributed by atoms with Crippen molar-refractivity contribution in [2.75, 3.05) is 33.4 Å². The Kier molecular flexibility index (Phi) is 8.58. The van der Waals surface area contributed by atoms with E-state index in [0.29, 0.717) is 55.7 Å². The third kappa shape index (κ3) is 6.22. The van der Waals surface area contributed by atoms with Crippen molar-refractivity contribution < 1.29 is 14.3 Å². The number of nitrogens with zero attached hydrogens (tertiary/aromatic N) is 5. The van der Waals surface area contributed by atoms with Crippen LogP contribution >= 0.6 is 0 Å². The molecule has 2 aromatic heterocycles. The summed E-state index contributed by atoms with van der Waals surface area (Å²) in [5.74, 6) is 0.926. The molecule has 0 aromatic carbocycles. The third-order valence-electron chi connectivity index (χ3n) is 6.43. The molecule has 1 atom stereocenters. The minimum absolute atomic E-state index is 0.0182. The van der Waals surface area contributed by atoms with Gasteiger partial charge in [-0.15, -0.1) is 0 Å². The van der Waals surface area contributed by atoms with Gasteiger partial charge in [-0.25, -0.2) is 4.68 Å². The fourth-order valence-corrected chi connectivity index (χ4v) is 4.02. The second kappa shape index (κ2) is 11.8. The zero-order valence-electron chi connectivity index (χ0n) is 22.1. The van der Waals surface area contributed by atoms with Crippen molar-refractivity contribution in [3.05, 3.63) is 29.6 Å². The van der Waals surface area contributed by atoms with Gasteiger partial charge < -0.3 is 19.7 Å². The van der Waals surface area contributed by atoms with Crippen LogP contribution in [0.1, 0.15) is 68.5 Å². The molecule has 2 aliphatic rings.